The number of hydrogen-bond acceptors (Lipinski definition) is 6. The normalized spacial score (nSPS) is 15.7. The molecule has 1 aromatic heterocycles. The van der Waals surface area contributed by atoms with Crippen molar-refractivity contribution in [2.75, 3.05) is 7.11 Å². The molecule has 2 rings (SSSR count). The van der Waals surface area contributed by atoms with E-state index in [1.54, 1.807) is 0 Å². The Morgan fingerprint density at radius 1 is 1.35 bits per heavy atom. The number of esters is 1. The van der Waals surface area contributed by atoms with Gasteiger partial charge in [-0.25, -0.2) is 9.78 Å². The smallest absolute Gasteiger partial charge is 0.356 e. The van der Waals surface area contributed by atoms with Crippen LogP contribution in [0.1, 0.15) is 42.6 Å². The van der Waals surface area contributed by atoms with Crippen LogP contribution in [0.25, 0.3) is 0 Å². The first-order valence-corrected chi connectivity index (χ1v) is 6.52. The van der Waals surface area contributed by atoms with E-state index in [0.29, 0.717) is 0 Å². The van der Waals surface area contributed by atoms with Crippen LogP contribution in [0, 0.1) is 10.1 Å². The lowest BCUT2D eigenvalue weighted by Crippen LogP contribution is -2.21. The van der Waals surface area contributed by atoms with Crippen LogP contribution in [0.2, 0.25) is 0 Å². The van der Waals surface area contributed by atoms with E-state index in [9.17, 15) is 14.9 Å². The molecule has 1 aliphatic rings. The monoisotopic (exact) mass is 280 g/mol. The van der Waals surface area contributed by atoms with Gasteiger partial charge in [0, 0.05) is 6.07 Å². The Labute approximate surface area is 116 Å². The van der Waals surface area contributed by atoms with Gasteiger partial charge in [0.1, 0.15) is 6.10 Å². The molecular formula is C13H16N2O5. The van der Waals surface area contributed by atoms with Crippen molar-refractivity contribution in [3.63, 3.8) is 0 Å². The van der Waals surface area contributed by atoms with Gasteiger partial charge in [0.2, 0.25) is 0 Å². The lowest BCUT2D eigenvalue weighted by molar-refractivity contribution is -0.386. The van der Waals surface area contributed by atoms with Gasteiger partial charge in [-0.2, -0.15) is 0 Å². The number of carbonyl (C=O) groups excluding carboxylic acids is 1. The Hall–Kier alpha value is -2.18. The maximum absolute atomic E-state index is 11.4. The minimum atomic E-state index is -0.645. The Morgan fingerprint density at radius 2 is 2.05 bits per heavy atom. The van der Waals surface area contributed by atoms with Crippen molar-refractivity contribution in [1.29, 1.82) is 0 Å². The maximum Gasteiger partial charge on any atom is 0.356 e. The third kappa shape index (κ3) is 3.23. The van der Waals surface area contributed by atoms with E-state index in [1.807, 2.05) is 0 Å². The molecule has 0 aromatic carbocycles. The van der Waals surface area contributed by atoms with Gasteiger partial charge in [-0.05, 0) is 31.7 Å². The molecule has 0 amide bonds. The number of ether oxygens (including phenoxy) is 2. The van der Waals surface area contributed by atoms with Crippen molar-refractivity contribution in [3.8, 4) is 5.88 Å². The Bertz CT molecular complexity index is 511. The second-order valence-corrected chi connectivity index (χ2v) is 4.65. The number of carbonyl (C=O) groups is 1. The summed E-state index contributed by atoms with van der Waals surface area (Å²) in [4.78, 5) is 25.8. The lowest BCUT2D eigenvalue weighted by Gasteiger charge is -2.22. The van der Waals surface area contributed by atoms with Gasteiger partial charge in [-0.15, -0.1) is 0 Å². The summed E-state index contributed by atoms with van der Waals surface area (Å²) < 4.78 is 10.2. The Balaban J connectivity index is 2.26. The molecule has 0 N–H and O–H groups in total. The van der Waals surface area contributed by atoms with Gasteiger partial charge < -0.3 is 9.47 Å². The van der Waals surface area contributed by atoms with Crippen LogP contribution < -0.4 is 4.74 Å². The topological polar surface area (TPSA) is 91.6 Å². The van der Waals surface area contributed by atoms with E-state index in [-0.39, 0.29) is 23.4 Å². The minimum absolute atomic E-state index is 0.00362. The van der Waals surface area contributed by atoms with Gasteiger partial charge in [0.05, 0.1) is 12.0 Å². The first-order chi connectivity index (χ1) is 9.61. The summed E-state index contributed by atoms with van der Waals surface area (Å²) in [7, 11) is 1.23. The molecule has 0 saturated heterocycles. The predicted octanol–water partition coefficient (Wildman–Crippen LogP) is 2.49. The molecular weight excluding hydrogens is 264 g/mol. The van der Waals surface area contributed by atoms with Crippen LogP contribution in [0.3, 0.4) is 0 Å². The van der Waals surface area contributed by atoms with E-state index in [0.717, 1.165) is 32.1 Å². The first-order valence-electron chi connectivity index (χ1n) is 6.52. The molecule has 1 fully saturated rings. The van der Waals surface area contributed by atoms with Crippen molar-refractivity contribution in [3.05, 3.63) is 27.9 Å². The number of methoxy groups -OCH3 is 1. The van der Waals surface area contributed by atoms with E-state index >= 15 is 0 Å². The fourth-order valence-corrected chi connectivity index (χ4v) is 2.22. The molecule has 0 bridgehead atoms. The highest BCUT2D eigenvalue weighted by atomic mass is 16.6. The number of pyridine rings is 1. The third-order valence-electron chi connectivity index (χ3n) is 3.26. The van der Waals surface area contributed by atoms with E-state index in [4.69, 9.17) is 4.74 Å². The number of hydrogen-bond donors (Lipinski definition) is 0. The molecule has 0 aliphatic heterocycles. The summed E-state index contributed by atoms with van der Waals surface area (Å²) in [6.45, 7) is 0. The van der Waals surface area contributed by atoms with Gasteiger partial charge in [-0.3, -0.25) is 10.1 Å². The van der Waals surface area contributed by atoms with Crippen LogP contribution in [-0.4, -0.2) is 29.1 Å². The molecule has 0 unspecified atom stereocenters. The highest BCUT2D eigenvalue weighted by Crippen LogP contribution is 2.29. The fraction of sp³-hybridized carbons (Fsp3) is 0.538. The van der Waals surface area contributed by atoms with E-state index in [2.05, 4.69) is 9.72 Å². The standard InChI is InChI=1S/C13H16N2O5/c1-19-13(16)10-7-8-11(15(17)18)12(14-10)20-9-5-3-2-4-6-9/h7-9H,2-6H2,1H3. The Kier molecular flexibility index (Phi) is 4.49. The highest BCUT2D eigenvalue weighted by Gasteiger charge is 2.24. The van der Waals surface area contributed by atoms with Crippen molar-refractivity contribution in [2.24, 2.45) is 0 Å². The molecule has 1 saturated carbocycles. The minimum Gasteiger partial charge on any atom is -0.469 e. The highest BCUT2D eigenvalue weighted by molar-refractivity contribution is 5.87. The van der Waals surface area contributed by atoms with Crippen LogP contribution in [-0.2, 0) is 4.74 Å². The molecule has 7 heteroatoms. The summed E-state index contributed by atoms with van der Waals surface area (Å²) >= 11 is 0. The van der Waals surface area contributed by atoms with E-state index in [1.165, 1.54) is 19.2 Å². The number of nitro groups is 1. The van der Waals surface area contributed by atoms with Crippen LogP contribution >= 0.6 is 0 Å². The SMILES string of the molecule is COC(=O)c1ccc([N+](=O)[O-])c(OC2CCCCC2)n1. The second-order valence-electron chi connectivity index (χ2n) is 4.65. The fourth-order valence-electron chi connectivity index (χ4n) is 2.22. The Morgan fingerprint density at radius 3 is 2.65 bits per heavy atom. The van der Waals surface area contributed by atoms with E-state index < -0.39 is 10.9 Å². The summed E-state index contributed by atoms with van der Waals surface area (Å²) in [5, 5.41) is 11.0. The zero-order valence-electron chi connectivity index (χ0n) is 11.2. The summed E-state index contributed by atoms with van der Waals surface area (Å²) in [5.74, 6) is -0.752. The second kappa shape index (κ2) is 6.31. The van der Waals surface area contributed by atoms with Gasteiger partial charge >= 0.3 is 11.7 Å². The molecule has 20 heavy (non-hydrogen) atoms. The average molecular weight is 280 g/mol. The van der Waals surface area contributed by atoms with Crippen LogP contribution in [0.5, 0.6) is 5.88 Å². The predicted molar refractivity (Wildman–Crippen MR) is 69.7 cm³/mol. The summed E-state index contributed by atoms with van der Waals surface area (Å²) in [6.07, 6.45) is 4.84. The van der Waals surface area contributed by atoms with Crippen LogP contribution in [0.15, 0.2) is 12.1 Å². The van der Waals surface area contributed by atoms with Gasteiger partial charge in [-0.1, -0.05) is 6.42 Å². The zero-order chi connectivity index (χ0) is 14.5. The number of aromatic nitrogens is 1. The number of nitrogens with zero attached hydrogens (tertiary/aromatic N) is 2. The molecule has 0 atom stereocenters. The number of rotatable bonds is 4. The average Bonchev–Trinajstić information content (AvgIpc) is 2.47. The molecule has 1 heterocycles. The molecule has 1 aromatic rings. The van der Waals surface area contributed by atoms with Crippen molar-refractivity contribution in [1.82, 2.24) is 4.98 Å². The van der Waals surface area contributed by atoms with Crippen LogP contribution in [0.4, 0.5) is 5.69 Å². The van der Waals surface area contributed by atoms with Crippen molar-refractivity contribution < 1.29 is 19.2 Å². The molecule has 0 radical (unpaired) electrons. The third-order valence-corrected chi connectivity index (χ3v) is 3.26. The van der Waals surface area contributed by atoms with Gasteiger partial charge in [0.25, 0.3) is 5.88 Å². The zero-order valence-corrected chi connectivity index (χ0v) is 11.2. The summed E-state index contributed by atoms with van der Waals surface area (Å²) in [6, 6.07) is 2.48. The van der Waals surface area contributed by atoms with Crippen molar-refractivity contribution in [2.45, 2.75) is 38.2 Å². The largest absolute Gasteiger partial charge is 0.469 e. The lowest BCUT2D eigenvalue weighted by atomic mass is 9.98. The quantitative estimate of drug-likeness (QED) is 0.478. The van der Waals surface area contributed by atoms with Crippen molar-refractivity contribution >= 4 is 11.7 Å². The maximum atomic E-state index is 11.4. The van der Waals surface area contributed by atoms with Gasteiger partial charge in [0.15, 0.2) is 5.69 Å². The summed E-state index contributed by atoms with van der Waals surface area (Å²) in [5.41, 5.74) is -0.230. The molecule has 1 aliphatic carbocycles. The first kappa shape index (κ1) is 14.2. The molecule has 0 spiro atoms. The molecule has 7 nitrogen and oxygen atoms in total. The molecule has 108 valence electrons.